The SMILES string of the molecule is Cc1cc(N2CCC(=O)CC2)cnc1C(N)=O. The van der Waals surface area contributed by atoms with Crippen LogP contribution >= 0.6 is 0 Å². The van der Waals surface area contributed by atoms with Crippen molar-refractivity contribution in [2.75, 3.05) is 18.0 Å². The summed E-state index contributed by atoms with van der Waals surface area (Å²) in [7, 11) is 0. The summed E-state index contributed by atoms with van der Waals surface area (Å²) in [6.45, 7) is 3.25. The predicted octanol–water partition coefficient (Wildman–Crippen LogP) is 0.658. The van der Waals surface area contributed by atoms with Crippen LogP contribution in [0.25, 0.3) is 0 Å². The number of carbonyl (C=O) groups is 2. The van der Waals surface area contributed by atoms with Crippen LogP contribution in [0, 0.1) is 6.92 Å². The number of carbonyl (C=O) groups excluding carboxylic acids is 2. The number of anilines is 1. The summed E-state index contributed by atoms with van der Waals surface area (Å²) in [5.41, 5.74) is 7.22. The molecular weight excluding hydrogens is 218 g/mol. The van der Waals surface area contributed by atoms with Crippen molar-refractivity contribution in [2.45, 2.75) is 19.8 Å². The van der Waals surface area contributed by atoms with Crippen LogP contribution in [-0.2, 0) is 4.79 Å². The third-order valence-corrected chi connectivity index (χ3v) is 2.98. The monoisotopic (exact) mass is 233 g/mol. The van der Waals surface area contributed by atoms with E-state index in [1.807, 2.05) is 13.0 Å². The number of ketones is 1. The first-order chi connectivity index (χ1) is 8.08. The fourth-order valence-corrected chi connectivity index (χ4v) is 2.01. The lowest BCUT2D eigenvalue weighted by Gasteiger charge is -2.28. The highest BCUT2D eigenvalue weighted by molar-refractivity contribution is 5.92. The lowest BCUT2D eigenvalue weighted by atomic mass is 10.1. The van der Waals surface area contributed by atoms with Crippen molar-refractivity contribution < 1.29 is 9.59 Å². The molecule has 2 N–H and O–H groups in total. The molecule has 0 radical (unpaired) electrons. The van der Waals surface area contributed by atoms with Gasteiger partial charge in [0.2, 0.25) is 0 Å². The Balaban J connectivity index is 2.20. The molecule has 90 valence electrons. The van der Waals surface area contributed by atoms with E-state index in [1.165, 1.54) is 0 Å². The average Bonchev–Trinajstić information content (AvgIpc) is 2.29. The van der Waals surface area contributed by atoms with Crippen molar-refractivity contribution in [3.8, 4) is 0 Å². The van der Waals surface area contributed by atoms with Crippen molar-refractivity contribution in [2.24, 2.45) is 5.73 Å². The van der Waals surface area contributed by atoms with E-state index in [1.54, 1.807) is 6.20 Å². The summed E-state index contributed by atoms with van der Waals surface area (Å²) in [6.07, 6.45) is 2.80. The van der Waals surface area contributed by atoms with Gasteiger partial charge in [-0.05, 0) is 18.6 Å². The van der Waals surface area contributed by atoms with E-state index in [9.17, 15) is 9.59 Å². The van der Waals surface area contributed by atoms with E-state index >= 15 is 0 Å². The van der Waals surface area contributed by atoms with Gasteiger partial charge in [0.1, 0.15) is 11.5 Å². The quantitative estimate of drug-likeness (QED) is 0.814. The number of primary amides is 1. The molecule has 5 nitrogen and oxygen atoms in total. The first kappa shape index (κ1) is 11.6. The minimum atomic E-state index is -0.511. The van der Waals surface area contributed by atoms with Crippen molar-refractivity contribution in [3.05, 3.63) is 23.5 Å². The molecule has 1 aliphatic rings. The zero-order valence-corrected chi connectivity index (χ0v) is 9.77. The number of aryl methyl sites for hydroxylation is 1. The molecule has 0 saturated carbocycles. The summed E-state index contributed by atoms with van der Waals surface area (Å²) in [5, 5.41) is 0. The molecular formula is C12H15N3O2. The molecule has 0 spiro atoms. The summed E-state index contributed by atoms with van der Waals surface area (Å²) in [6, 6.07) is 1.89. The predicted molar refractivity (Wildman–Crippen MR) is 63.9 cm³/mol. The van der Waals surface area contributed by atoms with E-state index in [-0.39, 0.29) is 0 Å². The van der Waals surface area contributed by atoms with E-state index in [4.69, 9.17) is 5.73 Å². The molecule has 0 atom stereocenters. The van der Waals surface area contributed by atoms with Crippen molar-refractivity contribution >= 4 is 17.4 Å². The van der Waals surface area contributed by atoms with Crippen LogP contribution < -0.4 is 10.6 Å². The number of pyridine rings is 1. The van der Waals surface area contributed by atoms with Crippen molar-refractivity contribution in [1.29, 1.82) is 0 Å². The summed E-state index contributed by atoms with van der Waals surface area (Å²) in [4.78, 5) is 28.4. The van der Waals surface area contributed by atoms with Gasteiger partial charge in [0.15, 0.2) is 0 Å². The molecule has 2 rings (SSSR count). The van der Waals surface area contributed by atoms with Crippen molar-refractivity contribution in [1.82, 2.24) is 4.98 Å². The fraction of sp³-hybridized carbons (Fsp3) is 0.417. The van der Waals surface area contributed by atoms with Gasteiger partial charge in [-0.15, -0.1) is 0 Å². The molecule has 0 aromatic carbocycles. The minimum absolute atomic E-state index is 0.305. The largest absolute Gasteiger partial charge is 0.369 e. The van der Waals surface area contributed by atoms with Gasteiger partial charge in [0.25, 0.3) is 5.91 Å². The number of nitrogens with two attached hydrogens (primary N) is 1. The molecule has 0 unspecified atom stereocenters. The van der Waals surface area contributed by atoms with Crippen LogP contribution in [0.5, 0.6) is 0 Å². The lowest BCUT2D eigenvalue weighted by Crippen LogP contribution is -2.34. The zero-order chi connectivity index (χ0) is 12.4. The van der Waals surface area contributed by atoms with E-state index in [0.29, 0.717) is 24.3 Å². The maximum absolute atomic E-state index is 11.1. The van der Waals surface area contributed by atoms with Crippen molar-refractivity contribution in [3.63, 3.8) is 0 Å². The Kier molecular flexibility index (Phi) is 3.08. The molecule has 5 heteroatoms. The Bertz CT molecular complexity index is 461. The maximum atomic E-state index is 11.1. The van der Waals surface area contributed by atoms with E-state index in [2.05, 4.69) is 9.88 Å². The van der Waals surface area contributed by atoms with Gasteiger partial charge >= 0.3 is 0 Å². The van der Waals surface area contributed by atoms with E-state index in [0.717, 1.165) is 24.3 Å². The van der Waals surface area contributed by atoms with Gasteiger partial charge < -0.3 is 10.6 Å². The number of aromatic nitrogens is 1. The number of nitrogens with zero attached hydrogens (tertiary/aromatic N) is 2. The standard InChI is InChI=1S/C12H15N3O2/c1-8-6-9(7-14-11(8)12(13)17)15-4-2-10(16)3-5-15/h6-7H,2-5H2,1H3,(H2,13,17). The first-order valence-electron chi connectivity index (χ1n) is 5.61. The number of hydrogen-bond donors (Lipinski definition) is 1. The normalized spacial score (nSPS) is 16.1. The molecule has 1 amide bonds. The zero-order valence-electron chi connectivity index (χ0n) is 9.77. The highest BCUT2D eigenvalue weighted by Gasteiger charge is 2.17. The van der Waals surface area contributed by atoms with Crippen LogP contribution in [0.2, 0.25) is 0 Å². The lowest BCUT2D eigenvalue weighted by molar-refractivity contribution is -0.119. The molecule has 1 aromatic heterocycles. The van der Waals surface area contributed by atoms with Crippen LogP contribution in [0.15, 0.2) is 12.3 Å². The Labute approximate surface area is 99.6 Å². The number of rotatable bonds is 2. The maximum Gasteiger partial charge on any atom is 0.267 e. The molecule has 1 saturated heterocycles. The number of amides is 1. The average molecular weight is 233 g/mol. The molecule has 0 bridgehead atoms. The summed E-state index contributed by atoms with van der Waals surface area (Å²) < 4.78 is 0. The molecule has 1 fully saturated rings. The highest BCUT2D eigenvalue weighted by Crippen LogP contribution is 2.19. The Hall–Kier alpha value is -1.91. The highest BCUT2D eigenvalue weighted by atomic mass is 16.1. The molecule has 1 aliphatic heterocycles. The van der Waals surface area contributed by atoms with Gasteiger partial charge in [0.05, 0.1) is 11.9 Å². The van der Waals surface area contributed by atoms with E-state index < -0.39 is 5.91 Å². The molecule has 1 aromatic rings. The Morgan fingerprint density at radius 3 is 2.59 bits per heavy atom. The first-order valence-corrected chi connectivity index (χ1v) is 5.61. The molecule has 2 heterocycles. The second kappa shape index (κ2) is 4.53. The minimum Gasteiger partial charge on any atom is -0.369 e. The van der Waals surface area contributed by atoms with Crippen LogP contribution in [0.3, 0.4) is 0 Å². The van der Waals surface area contributed by atoms with Gasteiger partial charge in [-0.2, -0.15) is 0 Å². The summed E-state index contributed by atoms with van der Waals surface area (Å²) in [5.74, 6) is -0.206. The number of piperidine rings is 1. The number of Topliss-reactive ketones (excluding diaryl/α,β-unsaturated/α-hetero) is 1. The third kappa shape index (κ3) is 2.43. The van der Waals surface area contributed by atoms with Gasteiger partial charge in [-0.3, -0.25) is 9.59 Å². The molecule has 0 aliphatic carbocycles. The summed E-state index contributed by atoms with van der Waals surface area (Å²) >= 11 is 0. The van der Waals surface area contributed by atoms with Gasteiger partial charge in [-0.25, -0.2) is 4.98 Å². The van der Waals surface area contributed by atoms with Crippen LogP contribution in [0.1, 0.15) is 28.9 Å². The topological polar surface area (TPSA) is 76.3 Å². The van der Waals surface area contributed by atoms with Gasteiger partial charge in [0, 0.05) is 25.9 Å². The molecule has 17 heavy (non-hydrogen) atoms. The second-order valence-electron chi connectivity index (χ2n) is 4.25. The number of hydrogen-bond acceptors (Lipinski definition) is 4. The van der Waals surface area contributed by atoms with Gasteiger partial charge in [-0.1, -0.05) is 0 Å². The smallest absolute Gasteiger partial charge is 0.267 e. The third-order valence-electron chi connectivity index (χ3n) is 2.98. The second-order valence-corrected chi connectivity index (χ2v) is 4.25. The Morgan fingerprint density at radius 2 is 2.06 bits per heavy atom. The van der Waals surface area contributed by atoms with Crippen LogP contribution in [0.4, 0.5) is 5.69 Å². The Morgan fingerprint density at radius 1 is 1.41 bits per heavy atom. The fourth-order valence-electron chi connectivity index (χ4n) is 2.01. The van der Waals surface area contributed by atoms with Crippen LogP contribution in [-0.4, -0.2) is 29.8 Å².